The molecule has 1 aromatic carbocycles. The number of carbonyl (C=O) groups is 1. The van der Waals surface area contributed by atoms with Crippen LogP contribution >= 0.6 is 0 Å². The van der Waals surface area contributed by atoms with Gasteiger partial charge in [0.15, 0.2) is 0 Å². The van der Waals surface area contributed by atoms with Crippen LogP contribution in [-0.4, -0.2) is 46.8 Å². The molecule has 2 heterocycles. The maximum Gasteiger partial charge on any atom is 0.274 e. The van der Waals surface area contributed by atoms with Gasteiger partial charge in [0.2, 0.25) is 0 Å². The minimum atomic E-state index is -0.398. The van der Waals surface area contributed by atoms with Gasteiger partial charge in [0.1, 0.15) is 11.5 Å². The lowest BCUT2D eigenvalue weighted by atomic mass is 10.1. The summed E-state index contributed by atoms with van der Waals surface area (Å²) in [6.07, 6.45) is 1.96. The molecule has 3 rings (SSSR count). The first-order valence-corrected chi connectivity index (χ1v) is 7.91. The van der Waals surface area contributed by atoms with Crippen LogP contribution in [0.2, 0.25) is 0 Å². The highest BCUT2D eigenvalue weighted by atomic mass is 19.1. The van der Waals surface area contributed by atoms with Crippen LogP contribution in [0.3, 0.4) is 0 Å². The molecule has 1 amide bonds. The van der Waals surface area contributed by atoms with Gasteiger partial charge in [0.05, 0.1) is 5.69 Å². The van der Waals surface area contributed by atoms with Gasteiger partial charge >= 0.3 is 0 Å². The second-order valence-corrected chi connectivity index (χ2v) is 5.82. The van der Waals surface area contributed by atoms with Gasteiger partial charge in [0, 0.05) is 25.2 Å². The van der Waals surface area contributed by atoms with Gasteiger partial charge in [-0.1, -0.05) is 0 Å². The topological polar surface area (TPSA) is 67.2 Å². The highest BCUT2D eigenvalue weighted by Gasteiger charge is 2.24. The van der Waals surface area contributed by atoms with E-state index in [4.69, 9.17) is 0 Å². The quantitative estimate of drug-likeness (QED) is 0.918. The number of hydrogen-bond acceptors (Lipinski definition) is 4. The Morgan fingerprint density at radius 1 is 1.25 bits per heavy atom. The number of carbonyl (C=O) groups excluding carboxylic acids is 1. The lowest BCUT2D eigenvalue weighted by Crippen LogP contribution is -2.47. The summed E-state index contributed by atoms with van der Waals surface area (Å²) in [5, 5.41) is 7.36. The molecular formula is C17H19FN4O2. The monoisotopic (exact) mass is 330 g/mol. The second-order valence-electron chi connectivity index (χ2n) is 5.82. The number of likely N-dealkylation sites (N-methyl/N-ethyl adjacent to an activating group) is 1. The van der Waals surface area contributed by atoms with Crippen molar-refractivity contribution >= 4 is 5.91 Å². The summed E-state index contributed by atoms with van der Waals surface area (Å²) in [5.41, 5.74) is 0.253. The first kappa shape index (κ1) is 16.3. The van der Waals surface area contributed by atoms with Crippen molar-refractivity contribution in [3.63, 3.8) is 0 Å². The highest BCUT2D eigenvalue weighted by Crippen LogP contribution is 2.13. The van der Waals surface area contributed by atoms with E-state index in [1.165, 1.54) is 36.4 Å². The van der Waals surface area contributed by atoms with E-state index in [0.717, 1.165) is 17.5 Å². The summed E-state index contributed by atoms with van der Waals surface area (Å²) in [6.45, 7) is 1.29. The van der Waals surface area contributed by atoms with Crippen LogP contribution in [0.25, 0.3) is 5.69 Å². The van der Waals surface area contributed by atoms with Crippen LogP contribution in [0.1, 0.15) is 23.3 Å². The van der Waals surface area contributed by atoms with Crippen molar-refractivity contribution in [2.24, 2.45) is 0 Å². The van der Waals surface area contributed by atoms with Gasteiger partial charge in [-0.25, -0.2) is 4.39 Å². The fourth-order valence-corrected chi connectivity index (χ4v) is 2.85. The molecule has 1 aromatic heterocycles. The Morgan fingerprint density at radius 2 is 2.00 bits per heavy atom. The van der Waals surface area contributed by atoms with E-state index in [-0.39, 0.29) is 23.2 Å². The van der Waals surface area contributed by atoms with Gasteiger partial charge in [-0.2, -0.15) is 9.78 Å². The smallest absolute Gasteiger partial charge is 0.274 e. The zero-order chi connectivity index (χ0) is 17.1. The molecule has 0 spiro atoms. The van der Waals surface area contributed by atoms with Gasteiger partial charge in [-0.3, -0.25) is 9.59 Å². The number of piperidine rings is 1. The standard InChI is InChI=1S/C17H19FN4O2/c1-19-13-3-2-10-21(11-13)17(24)15-8-9-16(23)22(20-15)14-6-4-12(18)5-7-14/h4-9,13,19H,2-3,10-11H2,1H3/t13-/m0/s1. The third-order valence-electron chi connectivity index (χ3n) is 4.21. The Bertz CT molecular complexity index is 788. The Labute approximate surface area is 138 Å². The molecule has 1 N–H and O–H groups in total. The van der Waals surface area contributed by atoms with Crippen molar-refractivity contribution in [2.45, 2.75) is 18.9 Å². The average Bonchev–Trinajstić information content (AvgIpc) is 2.62. The average molecular weight is 330 g/mol. The molecule has 1 fully saturated rings. The zero-order valence-corrected chi connectivity index (χ0v) is 13.4. The first-order chi connectivity index (χ1) is 11.6. The fraction of sp³-hybridized carbons (Fsp3) is 0.353. The SMILES string of the molecule is CN[C@H]1CCCN(C(=O)c2ccc(=O)n(-c3ccc(F)cc3)n2)C1. The Morgan fingerprint density at radius 3 is 2.71 bits per heavy atom. The number of nitrogens with one attached hydrogen (secondary N) is 1. The number of likely N-dealkylation sites (tertiary alicyclic amines) is 1. The Hall–Kier alpha value is -2.54. The molecule has 7 heteroatoms. The summed E-state index contributed by atoms with van der Waals surface area (Å²) in [6, 6.07) is 8.42. The second kappa shape index (κ2) is 6.92. The van der Waals surface area contributed by atoms with E-state index in [9.17, 15) is 14.0 Å². The molecule has 0 unspecified atom stereocenters. The molecule has 1 saturated heterocycles. The van der Waals surface area contributed by atoms with Gasteiger partial charge in [-0.05, 0) is 50.2 Å². The van der Waals surface area contributed by atoms with Crippen molar-refractivity contribution in [1.29, 1.82) is 0 Å². The fourth-order valence-electron chi connectivity index (χ4n) is 2.85. The lowest BCUT2D eigenvalue weighted by molar-refractivity contribution is 0.0690. The van der Waals surface area contributed by atoms with E-state index < -0.39 is 5.82 Å². The number of nitrogens with zero attached hydrogens (tertiary/aromatic N) is 3. The van der Waals surface area contributed by atoms with E-state index >= 15 is 0 Å². The van der Waals surface area contributed by atoms with Gasteiger partial charge in [-0.15, -0.1) is 0 Å². The number of rotatable bonds is 3. The molecule has 0 radical (unpaired) electrons. The van der Waals surface area contributed by atoms with Crippen molar-refractivity contribution in [3.8, 4) is 5.69 Å². The first-order valence-electron chi connectivity index (χ1n) is 7.91. The maximum atomic E-state index is 13.0. The van der Waals surface area contributed by atoms with Gasteiger partial charge < -0.3 is 10.2 Å². The van der Waals surface area contributed by atoms with Crippen LogP contribution in [0.5, 0.6) is 0 Å². The Kier molecular flexibility index (Phi) is 4.71. The predicted octanol–water partition coefficient (Wildman–Crippen LogP) is 1.20. The van der Waals surface area contributed by atoms with Gasteiger partial charge in [0.25, 0.3) is 11.5 Å². The molecule has 1 atom stereocenters. The van der Waals surface area contributed by atoms with E-state index in [1.807, 2.05) is 7.05 Å². The minimum Gasteiger partial charge on any atom is -0.336 e. The Balaban J connectivity index is 1.89. The summed E-state index contributed by atoms with van der Waals surface area (Å²) in [5.74, 6) is -0.601. The molecule has 2 aromatic rings. The van der Waals surface area contributed by atoms with E-state index in [1.54, 1.807) is 4.90 Å². The van der Waals surface area contributed by atoms with Crippen LogP contribution in [0.15, 0.2) is 41.2 Å². The van der Waals surface area contributed by atoms with Crippen LogP contribution in [0, 0.1) is 5.82 Å². The number of halogens is 1. The third kappa shape index (κ3) is 3.35. The van der Waals surface area contributed by atoms with Crippen LogP contribution < -0.4 is 10.9 Å². The van der Waals surface area contributed by atoms with Crippen molar-refractivity contribution in [3.05, 3.63) is 58.3 Å². The molecule has 126 valence electrons. The molecule has 24 heavy (non-hydrogen) atoms. The maximum absolute atomic E-state index is 13.0. The highest BCUT2D eigenvalue weighted by molar-refractivity contribution is 5.92. The molecule has 1 aliphatic heterocycles. The summed E-state index contributed by atoms with van der Waals surface area (Å²) in [7, 11) is 1.88. The summed E-state index contributed by atoms with van der Waals surface area (Å²) < 4.78 is 14.2. The van der Waals surface area contributed by atoms with E-state index in [0.29, 0.717) is 18.8 Å². The number of hydrogen-bond donors (Lipinski definition) is 1. The summed E-state index contributed by atoms with van der Waals surface area (Å²) in [4.78, 5) is 26.4. The number of benzene rings is 1. The molecule has 6 nitrogen and oxygen atoms in total. The van der Waals surface area contributed by atoms with Crippen molar-refractivity contribution in [1.82, 2.24) is 20.0 Å². The molecule has 0 aliphatic carbocycles. The number of amides is 1. The van der Waals surface area contributed by atoms with Crippen LogP contribution in [-0.2, 0) is 0 Å². The normalized spacial score (nSPS) is 17.8. The largest absolute Gasteiger partial charge is 0.336 e. The third-order valence-corrected chi connectivity index (χ3v) is 4.21. The predicted molar refractivity (Wildman–Crippen MR) is 87.8 cm³/mol. The summed E-state index contributed by atoms with van der Waals surface area (Å²) >= 11 is 0. The molecule has 1 aliphatic rings. The minimum absolute atomic E-state index is 0.203. The zero-order valence-electron chi connectivity index (χ0n) is 13.4. The molecule has 0 bridgehead atoms. The lowest BCUT2D eigenvalue weighted by Gasteiger charge is -2.32. The van der Waals surface area contributed by atoms with E-state index in [2.05, 4.69) is 10.4 Å². The molecular weight excluding hydrogens is 311 g/mol. The van der Waals surface area contributed by atoms with Crippen molar-refractivity contribution < 1.29 is 9.18 Å². The number of aromatic nitrogens is 2. The van der Waals surface area contributed by atoms with Crippen molar-refractivity contribution in [2.75, 3.05) is 20.1 Å². The van der Waals surface area contributed by atoms with Crippen LogP contribution in [0.4, 0.5) is 4.39 Å². The molecule has 0 saturated carbocycles.